The lowest BCUT2D eigenvalue weighted by Gasteiger charge is -2.22. The molecule has 0 aliphatic carbocycles. The molecule has 1 N–H and O–H groups in total. The standard InChI is InChI=1S/C20H22N6O2/c1-3-4-11-26-17(22-23-24-26)13-25-18(27)20(2,21-19(25)28)16-10-9-14-7-5-6-8-15(14)12-16/h5-10,12H,3-4,11,13H2,1-2H3,(H,21,28)/t20-/m0/s1. The number of carbonyl (C=O) groups is 2. The van der Waals surface area contributed by atoms with Crippen molar-refractivity contribution in [3.8, 4) is 0 Å². The highest BCUT2D eigenvalue weighted by molar-refractivity contribution is 6.07. The number of urea groups is 1. The smallest absolute Gasteiger partial charge is 0.319 e. The van der Waals surface area contributed by atoms with E-state index in [-0.39, 0.29) is 12.5 Å². The van der Waals surface area contributed by atoms with Gasteiger partial charge in [-0.2, -0.15) is 0 Å². The van der Waals surface area contributed by atoms with Crippen LogP contribution in [0.3, 0.4) is 0 Å². The minimum absolute atomic E-state index is 0.0462. The predicted molar refractivity (Wildman–Crippen MR) is 103 cm³/mol. The fraction of sp³-hybridized carbons (Fsp3) is 0.350. The number of fused-ring (bicyclic) bond motifs is 1. The van der Waals surface area contributed by atoms with Crippen molar-refractivity contribution in [2.75, 3.05) is 0 Å². The van der Waals surface area contributed by atoms with Crippen molar-refractivity contribution in [2.45, 2.75) is 45.3 Å². The van der Waals surface area contributed by atoms with Gasteiger partial charge >= 0.3 is 6.03 Å². The number of amides is 3. The lowest BCUT2D eigenvalue weighted by atomic mass is 9.90. The van der Waals surface area contributed by atoms with E-state index in [1.165, 1.54) is 4.90 Å². The number of hydrogen-bond acceptors (Lipinski definition) is 5. The molecule has 1 fully saturated rings. The highest BCUT2D eigenvalue weighted by atomic mass is 16.2. The summed E-state index contributed by atoms with van der Waals surface area (Å²) in [6, 6.07) is 13.3. The number of imide groups is 1. The van der Waals surface area contributed by atoms with Gasteiger partial charge in [-0.05, 0) is 46.2 Å². The maximum atomic E-state index is 13.2. The van der Waals surface area contributed by atoms with E-state index in [1.54, 1.807) is 11.6 Å². The third kappa shape index (κ3) is 3.00. The molecule has 1 atom stereocenters. The van der Waals surface area contributed by atoms with Crippen LogP contribution in [-0.4, -0.2) is 37.0 Å². The molecule has 8 nitrogen and oxygen atoms in total. The number of hydrogen-bond donors (Lipinski definition) is 1. The Labute approximate surface area is 162 Å². The van der Waals surface area contributed by atoms with Crippen LogP contribution in [0.1, 0.15) is 38.1 Å². The number of benzene rings is 2. The quantitative estimate of drug-likeness (QED) is 0.666. The number of rotatable bonds is 6. The van der Waals surface area contributed by atoms with E-state index in [1.807, 2.05) is 42.5 Å². The van der Waals surface area contributed by atoms with E-state index in [4.69, 9.17) is 0 Å². The molecule has 0 unspecified atom stereocenters. The SMILES string of the molecule is CCCCn1nnnc1CN1C(=O)N[C@@](C)(c2ccc3ccccc3c2)C1=O. The monoisotopic (exact) mass is 378 g/mol. The summed E-state index contributed by atoms with van der Waals surface area (Å²) in [7, 11) is 0. The number of carbonyl (C=O) groups excluding carboxylic acids is 2. The molecule has 1 aromatic heterocycles. The van der Waals surface area contributed by atoms with Gasteiger partial charge in [0.15, 0.2) is 5.82 Å². The first-order valence-corrected chi connectivity index (χ1v) is 9.41. The molecule has 2 aromatic carbocycles. The first-order chi connectivity index (χ1) is 13.5. The molecule has 0 spiro atoms. The Morgan fingerprint density at radius 1 is 1.11 bits per heavy atom. The molecule has 0 saturated carbocycles. The van der Waals surface area contributed by atoms with Gasteiger partial charge in [0, 0.05) is 6.54 Å². The molecular weight excluding hydrogens is 356 g/mol. The second kappa shape index (κ2) is 7.03. The summed E-state index contributed by atoms with van der Waals surface area (Å²) in [6.45, 7) is 4.52. The molecule has 3 amide bonds. The molecule has 1 aliphatic rings. The molecular formula is C20H22N6O2. The fourth-order valence-corrected chi connectivity index (χ4v) is 3.50. The van der Waals surface area contributed by atoms with E-state index in [2.05, 4.69) is 27.8 Å². The van der Waals surface area contributed by atoms with Crippen molar-refractivity contribution in [3.05, 3.63) is 53.9 Å². The van der Waals surface area contributed by atoms with Crippen molar-refractivity contribution < 1.29 is 9.59 Å². The minimum atomic E-state index is -1.12. The first kappa shape index (κ1) is 18.1. The van der Waals surface area contributed by atoms with Crippen LogP contribution in [0.15, 0.2) is 42.5 Å². The van der Waals surface area contributed by atoms with Crippen LogP contribution >= 0.6 is 0 Å². The van der Waals surface area contributed by atoms with Crippen LogP contribution in [0.4, 0.5) is 4.79 Å². The summed E-state index contributed by atoms with van der Waals surface area (Å²) in [5.74, 6) is 0.192. The van der Waals surface area contributed by atoms with Gasteiger partial charge in [-0.25, -0.2) is 9.48 Å². The first-order valence-electron chi connectivity index (χ1n) is 9.41. The second-order valence-electron chi connectivity index (χ2n) is 7.18. The van der Waals surface area contributed by atoms with Gasteiger partial charge in [-0.3, -0.25) is 9.69 Å². The molecule has 2 heterocycles. The van der Waals surface area contributed by atoms with Crippen molar-refractivity contribution in [2.24, 2.45) is 0 Å². The number of aromatic nitrogens is 4. The Morgan fingerprint density at radius 2 is 1.89 bits per heavy atom. The summed E-state index contributed by atoms with van der Waals surface area (Å²) in [5, 5.41) is 16.6. The van der Waals surface area contributed by atoms with Crippen molar-refractivity contribution in [1.29, 1.82) is 0 Å². The van der Waals surface area contributed by atoms with Crippen LogP contribution < -0.4 is 5.32 Å². The normalized spacial score (nSPS) is 19.4. The zero-order valence-electron chi connectivity index (χ0n) is 15.9. The summed E-state index contributed by atoms with van der Waals surface area (Å²) in [6.07, 6.45) is 1.93. The zero-order valence-corrected chi connectivity index (χ0v) is 15.9. The van der Waals surface area contributed by atoms with E-state index < -0.39 is 11.6 Å². The van der Waals surface area contributed by atoms with Crippen LogP contribution in [0.5, 0.6) is 0 Å². The average Bonchev–Trinajstić information content (AvgIpc) is 3.24. The molecule has 8 heteroatoms. The average molecular weight is 378 g/mol. The molecule has 1 aliphatic heterocycles. The Hall–Kier alpha value is -3.29. The van der Waals surface area contributed by atoms with Gasteiger partial charge in [0.25, 0.3) is 5.91 Å². The van der Waals surface area contributed by atoms with E-state index >= 15 is 0 Å². The number of aryl methyl sites for hydroxylation is 1. The zero-order chi connectivity index (χ0) is 19.7. The van der Waals surface area contributed by atoms with Gasteiger partial charge in [-0.1, -0.05) is 49.7 Å². The van der Waals surface area contributed by atoms with Crippen LogP contribution in [0.25, 0.3) is 10.8 Å². The van der Waals surface area contributed by atoms with Gasteiger partial charge in [0.1, 0.15) is 5.54 Å². The summed E-state index contributed by atoms with van der Waals surface area (Å²) in [5.41, 5.74) is -0.374. The van der Waals surface area contributed by atoms with E-state index in [0.29, 0.717) is 12.4 Å². The lowest BCUT2D eigenvalue weighted by Crippen LogP contribution is -2.40. The number of tetrazole rings is 1. The summed E-state index contributed by atoms with van der Waals surface area (Å²) in [4.78, 5) is 27.0. The second-order valence-corrected chi connectivity index (χ2v) is 7.18. The van der Waals surface area contributed by atoms with Crippen LogP contribution in [0.2, 0.25) is 0 Å². The summed E-state index contributed by atoms with van der Waals surface area (Å²) >= 11 is 0. The highest BCUT2D eigenvalue weighted by Gasteiger charge is 2.49. The summed E-state index contributed by atoms with van der Waals surface area (Å²) < 4.78 is 1.65. The van der Waals surface area contributed by atoms with Gasteiger partial charge < -0.3 is 5.32 Å². The molecule has 0 bridgehead atoms. The molecule has 1 saturated heterocycles. The Morgan fingerprint density at radius 3 is 2.68 bits per heavy atom. The number of unbranched alkanes of at least 4 members (excludes halogenated alkanes) is 1. The van der Waals surface area contributed by atoms with Gasteiger partial charge in [-0.15, -0.1) is 5.10 Å². The van der Waals surface area contributed by atoms with Crippen LogP contribution in [0, 0.1) is 0 Å². The molecule has 3 aromatic rings. The number of nitrogens with zero attached hydrogens (tertiary/aromatic N) is 5. The van der Waals surface area contributed by atoms with E-state index in [0.717, 1.165) is 29.2 Å². The third-order valence-electron chi connectivity index (χ3n) is 5.23. The van der Waals surface area contributed by atoms with Crippen molar-refractivity contribution >= 4 is 22.7 Å². The predicted octanol–water partition coefficient (Wildman–Crippen LogP) is 2.59. The van der Waals surface area contributed by atoms with Crippen molar-refractivity contribution in [1.82, 2.24) is 30.4 Å². The maximum absolute atomic E-state index is 13.2. The fourth-order valence-electron chi connectivity index (χ4n) is 3.50. The number of nitrogens with one attached hydrogen (secondary N) is 1. The minimum Gasteiger partial charge on any atom is -0.319 e. The molecule has 4 rings (SSSR count). The Kier molecular flexibility index (Phi) is 4.54. The van der Waals surface area contributed by atoms with E-state index in [9.17, 15) is 9.59 Å². The largest absolute Gasteiger partial charge is 0.325 e. The van der Waals surface area contributed by atoms with Crippen LogP contribution in [-0.2, 0) is 23.4 Å². The molecule has 144 valence electrons. The van der Waals surface area contributed by atoms with Gasteiger partial charge in [0.05, 0.1) is 6.54 Å². The third-order valence-corrected chi connectivity index (χ3v) is 5.23. The topological polar surface area (TPSA) is 93.0 Å². The molecule has 28 heavy (non-hydrogen) atoms. The highest BCUT2D eigenvalue weighted by Crippen LogP contribution is 2.31. The van der Waals surface area contributed by atoms with Gasteiger partial charge in [0.2, 0.25) is 0 Å². The Bertz CT molecular complexity index is 1050. The Balaban J connectivity index is 1.61. The molecule has 0 radical (unpaired) electrons. The lowest BCUT2D eigenvalue weighted by molar-refractivity contribution is -0.131. The van der Waals surface area contributed by atoms with Crippen molar-refractivity contribution in [3.63, 3.8) is 0 Å². The maximum Gasteiger partial charge on any atom is 0.325 e.